The Balaban J connectivity index is 2.12. The van der Waals surface area contributed by atoms with Crippen LogP contribution in [0.15, 0.2) is 46.6 Å². The van der Waals surface area contributed by atoms with Gasteiger partial charge in [0.1, 0.15) is 0 Å². The summed E-state index contributed by atoms with van der Waals surface area (Å²) in [6.45, 7) is 0. The first kappa shape index (κ1) is 17.0. The third-order valence-corrected chi connectivity index (χ3v) is 3.14. The Kier molecular flexibility index (Phi) is 5.51. The molecule has 2 aromatic rings. The summed E-state index contributed by atoms with van der Waals surface area (Å²) < 4.78 is 10.1. The predicted octanol–water partition coefficient (Wildman–Crippen LogP) is 2.56. The number of aromatic carboxylic acids is 1. The van der Waals surface area contributed by atoms with Crippen LogP contribution in [0.5, 0.6) is 17.2 Å². The number of carbonyl (C=O) groups is 1. The number of phenolic OH excluding ortho intramolecular Hbond substituents is 1. The van der Waals surface area contributed by atoms with Gasteiger partial charge in [0.15, 0.2) is 11.5 Å². The highest BCUT2D eigenvalue weighted by atomic mass is 16.5. The van der Waals surface area contributed by atoms with Crippen LogP contribution in [0, 0.1) is 0 Å². The summed E-state index contributed by atoms with van der Waals surface area (Å²) in [6.07, 6.45) is 2.98. The number of hydrogen-bond donors (Lipinski definition) is 2. The number of hydrogen-bond acceptors (Lipinski definition) is 6. The fourth-order valence-corrected chi connectivity index (χ4v) is 1.90. The highest BCUT2D eigenvalue weighted by Gasteiger charge is 2.10. The molecule has 0 heterocycles. The molecule has 124 valence electrons. The Morgan fingerprint density at radius 3 is 1.92 bits per heavy atom. The van der Waals surface area contributed by atoms with Crippen molar-refractivity contribution in [1.82, 2.24) is 0 Å². The van der Waals surface area contributed by atoms with Gasteiger partial charge in [-0.25, -0.2) is 4.79 Å². The van der Waals surface area contributed by atoms with Crippen molar-refractivity contribution < 1.29 is 24.5 Å². The van der Waals surface area contributed by atoms with Gasteiger partial charge in [-0.05, 0) is 29.8 Å². The number of carboxylic acid groups (broad SMARTS) is 1. The quantitative estimate of drug-likeness (QED) is 0.627. The number of phenols is 1. The maximum absolute atomic E-state index is 10.8. The number of carboxylic acids is 1. The Morgan fingerprint density at radius 2 is 1.46 bits per heavy atom. The summed E-state index contributed by atoms with van der Waals surface area (Å²) >= 11 is 0. The van der Waals surface area contributed by atoms with E-state index in [0.717, 1.165) is 5.56 Å². The van der Waals surface area contributed by atoms with Gasteiger partial charge in [0.05, 0.1) is 32.2 Å². The lowest BCUT2D eigenvalue weighted by Crippen LogP contribution is -1.95. The van der Waals surface area contributed by atoms with E-state index in [4.69, 9.17) is 14.6 Å². The van der Waals surface area contributed by atoms with Crippen LogP contribution in [0.2, 0.25) is 0 Å². The minimum absolute atomic E-state index is 0.0841. The van der Waals surface area contributed by atoms with E-state index in [2.05, 4.69) is 10.2 Å². The molecule has 0 spiro atoms. The molecule has 0 aromatic heterocycles. The van der Waals surface area contributed by atoms with Crippen molar-refractivity contribution in [3.8, 4) is 17.2 Å². The van der Waals surface area contributed by atoms with Crippen LogP contribution < -0.4 is 9.47 Å². The fraction of sp³-hybridized carbons (Fsp3) is 0.118. The number of methoxy groups -OCH3 is 2. The molecule has 24 heavy (non-hydrogen) atoms. The lowest BCUT2D eigenvalue weighted by atomic mass is 10.1. The fourth-order valence-electron chi connectivity index (χ4n) is 1.90. The average Bonchev–Trinajstić information content (AvgIpc) is 2.60. The van der Waals surface area contributed by atoms with Crippen molar-refractivity contribution in [2.75, 3.05) is 14.2 Å². The molecule has 0 saturated heterocycles. The van der Waals surface area contributed by atoms with Crippen LogP contribution in [0.3, 0.4) is 0 Å². The van der Waals surface area contributed by atoms with E-state index in [0.29, 0.717) is 5.56 Å². The van der Waals surface area contributed by atoms with Crippen LogP contribution >= 0.6 is 0 Å². The molecule has 0 aliphatic rings. The molecule has 2 rings (SSSR count). The lowest BCUT2D eigenvalue weighted by Gasteiger charge is -2.08. The third-order valence-electron chi connectivity index (χ3n) is 3.14. The van der Waals surface area contributed by atoms with Crippen LogP contribution in [0.4, 0.5) is 0 Å². The topological polar surface area (TPSA) is 101 Å². The van der Waals surface area contributed by atoms with Gasteiger partial charge in [-0.3, -0.25) is 0 Å². The first-order chi connectivity index (χ1) is 11.5. The van der Waals surface area contributed by atoms with Crippen molar-refractivity contribution in [2.24, 2.45) is 10.2 Å². The molecule has 7 nitrogen and oxygen atoms in total. The standard InChI is InChI=1S/C17H16N2O5/c1-23-14-7-12(8-15(24-2)16(14)20)10-19-18-9-11-3-5-13(6-4-11)17(21)22/h3-10,20H,1-2H3,(H,21,22)/b18-9+,19-10+. The second-order valence-electron chi connectivity index (χ2n) is 4.69. The molecule has 0 aliphatic heterocycles. The zero-order valence-corrected chi connectivity index (χ0v) is 13.1. The minimum atomic E-state index is -0.980. The maximum Gasteiger partial charge on any atom is 0.335 e. The van der Waals surface area contributed by atoms with E-state index < -0.39 is 5.97 Å². The second kappa shape index (κ2) is 7.77. The number of nitrogens with zero attached hydrogens (tertiary/aromatic N) is 2. The van der Waals surface area contributed by atoms with Crippen molar-refractivity contribution in [3.05, 3.63) is 53.1 Å². The Morgan fingerprint density at radius 1 is 0.958 bits per heavy atom. The highest BCUT2D eigenvalue weighted by Crippen LogP contribution is 2.36. The number of benzene rings is 2. The molecule has 0 saturated carbocycles. The van der Waals surface area contributed by atoms with Gasteiger partial charge in [0.25, 0.3) is 0 Å². The number of aromatic hydroxyl groups is 1. The molecule has 7 heteroatoms. The maximum atomic E-state index is 10.8. The molecular weight excluding hydrogens is 312 g/mol. The van der Waals surface area contributed by atoms with Crippen LogP contribution in [-0.2, 0) is 0 Å². The molecule has 0 amide bonds. The van der Waals surface area contributed by atoms with Crippen molar-refractivity contribution in [2.45, 2.75) is 0 Å². The van der Waals surface area contributed by atoms with Crippen LogP contribution in [-0.4, -0.2) is 42.8 Å². The molecule has 0 atom stereocenters. The molecule has 2 N–H and O–H groups in total. The molecule has 0 radical (unpaired) electrons. The van der Waals surface area contributed by atoms with E-state index >= 15 is 0 Å². The zero-order chi connectivity index (χ0) is 17.5. The molecule has 0 aliphatic carbocycles. The van der Waals surface area contributed by atoms with Gasteiger partial charge in [-0.1, -0.05) is 12.1 Å². The van der Waals surface area contributed by atoms with E-state index in [-0.39, 0.29) is 22.8 Å². The van der Waals surface area contributed by atoms with Gasteiger partial charge in [0, 0.05) is 5.56 Å². The molecule has 0 fully saturated rings. The summed E-state index contributed by atoms with van der Waals surface area (Å²) in [5, 5.41) is 26.5. The van der Waals surface area contributed by atoms with Crippen LogP contribution in [0.1, 0.15) is 21.5 Å². The average molecular weight is 328 g/mol. The Labute approximate surface area is 138 Å². The third kappa shape index (κ3) is 4.10. The van der Waals surface area contributed by atoms with Gasteiger partial charge < -0.3 is 19.7 Å². The Hall–Kier alpha value is -3.35. The van der Waals surface area contributed by atoms with Crippen LogP contribution in [0.25, 0.3) is 0 Å². The SMILES string of the molecule is COc1cc(/C=N/N=C/c2ccc(C(=O)O)cc2)cc(OC)c1O. The molecule has 0 bridgehead atoms. The molecule has 2 aromatic carbocycles. The summed E-state index contributed by atoms with van der Waals surface area (Å²) in [6, 6.07) is 9.44. The van der Waals surface area contributed by atoms with Gasteiger partial charge in [0.2, 0.25) is 5.75 Å². The minimum Gasteiger partial charge on any atom is -0.502 e. The lowest BCUT2D eigenvalue weighted by molar-refractivity contribution is 0.0697. The van der Waals surface area contributed by atoms with Crippen molar-refractivity contribution in [3.63, 3.8) is 0 Å². The van der Waals surface area contributed by atoms with Gasteiger partial charge in [-0.15, -0.1) is 0 Å². The zero-order valence-electron chi connectivity index (χ0n) is 13.1. The molecule has 0 unspecified atom stereocenters. The first-order valence-corrected chi connectivity index (χ1v) is 6.90. The smallest absolute Gasteiger partial charge is 0.335 e. The molecular formula is C17H16N2O5. The Bertz CT molecular complexity index is 757. The summed E-state index contributed by atoms with van der Waals surface area (Å²) in [7, 11) is 2.88. The van der Waals surface area contributed by atoms with E-state index in [1.165, 1.54) is 38.8 Å². The normalized spacial score (nSPS) is 11.1. The van der Waals surface area contributed by atoms with Crippen molar-refractivity contribution in [1.29, 1.82) is 0 Å². The van der Waals surface area contributed by atoms with Gasteiger partial charge in [-0.2, -0.15) is 10.2 Å². The largest absolute Gasteiger partial charge is 0.502 e. The van der Waals surface area contributed by atoms with Gasteiger partial charge >= 0.3 is 5.97 Å². The van der Waals surface area contributed by atoms with E-state index in [1.807, 2.05) is 0 Å². The van der Waals surface area contributed by atoms with Crippen molar-refractivity contribution >= 4 is 18.4 Å². The monoisotopic (exact) mass is 328 g/mol. The summed E-state index contributed by atoms with van der Waals surface area (Å²) in [5.74, 6) is -0.529. The first-order valence-electron chi connectivity index (χ1n) is 6.90. The number of rotatable bonds is 6. The second-order valence-corrected chi connectivity index (χ2v) is 4.69. The summed E-state index contributed by atoms with van der Waals surface area (Å²) in [4.78, 5) is 10.8. The van der Waals surface area contributed by atoms with E-state index in [9.17, 15) is 9.90 Å². The predicted molar refractivity (Wildman–Crippen MR) is 89.8 cm³/mol. The highest BCUT2D eigenvalue weighted by molar-refractivity contribution is 5.89. The summed E-state index contributed by atoms with van der Waals surface area (Å²) in [5.41, 5.74) is 1.57. The van der Waals surface area contributed by atoms with E-state index in [1.54, 1.807) is 24.3 Å². The number of ether oxygens (including phenoxy) is 2.